The quantitative estimate of drug-likeness (QED) is 0.664. The third-order valence-corrected chi connectivity index (χ3v) is 2.05. The van der Waals surface area contributed by atoms with Gasteiger partial charge in [0.25, 0.3) is 0 Å². The Labute approximate surface area is 71.0 Å². The van der Waals surface area contributed by atoms with E-state index < -0.39 is 0 Å². The summed E-state index contributed by atoms with van der Waals surface area (Å²) in [7, 11) is 0. The maximum absolute atomic E-state index is 8.87. The summed E-state index contributed by atoms with van der Waals surface area (Å²) in [6, 6.07) is 2.00. The molecule has 64 valence electrons. The first-order valence-corrected chi connectivity index (χ1v) is 4.05. The SMILES string of the molecule is OCc1cnc2c(c1)CCOC2. The van der Waals surface area contributed by atoms with Crippen LogP contribution in [0.15, 0.2) is 12.3 Å². The molecule has 2 rings (SSSR count). The van der Waals surface area contributed by atoms with Crippen LogP contribution in [-0.4, -0.2) is 16.7 Å². The van der Waals surface area contributed by atoms with Gasteiger partial charge in [-0.05, 0) is 23.6 Å². The second-order valence-electron chi connectivity index (χ2n) is 2.91. The molecule has 0 radical (unpaired) electrons. The van der Waals surface area contributed by atoms with Crippen molar-refractivity contribution in [3.05, 3.63) is 29.1 Å². The van der Waals surface area contributed by atoms with Gasteiger partial charge >= 0.3 is 0 Å². The van der Waals surface area contributed by atoms with Gasteiger partial charge in [-0.3, -0.25) is 4.98 Å². The van der Waals surface area contributed by atoms with Gasteiger partial charge in [0.15, 0.2) is 0 Å². The first kappa shape index (κ1) is 7.71. The maximum Gasteiger partial charge on any atom is 0.0890 e. The summed E-state index contributed by atoms with van der Waals surface area (Å²) in [5.74, 6) is 0. The van der Waals surface area contributed by atoms with Crippen LogP contribution in [0.5, 0.6) is 0 Å². The van der Waals surface area contributed by atoms with Crippen LogP contribution in [0.1, 0.15) is 16.8 Å². The smallest absolute Gasteiger partial charge is 0.0890 e. The molecule has 0 bridgehead atoms. The second kappa shape index (κ2) is 3.21. The summed E-state index contributed by atoms with van der Waals surface area (Å²) in [4.78, 5) is 4.21. The van der Waals surface area contributed by atoms with E-state index in [0.717, 1.165) is 24.3 Å². The number of hydrogen-bond donors (Lipinski definition) is 1. The Morgan fingerprint density at radius 1 is 1.58 bits per heavy atom. The first-order chi connectivity index (χ1) is 5.90. The van der Waals surface area contributed by atoms with Gasteiger partial charge in [-0.25, -0.2) is 0 Å². The number of nitrogens with zero attached hydrogens (tertiary/aromatic N) is 1. The number of fused-ring (bicyclic) bond motifs is 1. The van der Waals surface area contributed by atoms with Crippen LogP contribution in [0, 0.1) is 0 Å². The van der Waals surface area contributed by atoms with E-state index in [1.807, 2.05) is 6.07 Å². The van der Waals surface area contributed by atoms with Crippen LogP contribution in [0.25, 0.3) is 0 Å². The van der Waals surface area contributed by atoms with Crippen LogP contribution in [-0.2, 0) is 24.4 Å². The van der Waals surface area contributed by atoms with Gasteiger partial charge in [0, 0.05) is 6.20 Å². The van der Waals surface area contributed by atoms with E-state index in [1.54, 1.807) is 6.20 Å². The Hall–Kier alpha value is -0.930. The minimum atomic E-state index is 0.0706. The normalized spacial score (nSPS) is 15.8. The summed E-state index contributed by atoms with van der Waals surface area (Å²) >= 11 is 0. The average Bonchev–Trinajstić information content (AvgIpc) is 2.17. The average molecular weight is 165 g/mol. The molecule has 3 heteroatoms. The zero-order chi connectivity index (χ0) is 8.39. The fourth-order valence-electron chi connectivity index (χ4n) is 1.37. The molecule has 0 aliphatic carbocycles. The summed E-state index contributed by atoms with van der Waals surface area (Å²) in [5.41, 5.74) is 3.11. The van der Waals surface area contributed by atoms with Gasteiger partial charge in [-0.1, -0.05) is 0 Å². The number of pyridine rings is 1. The van der Waals surface area contributed by atoms with E-state index in [2.05, 4.69) is 4.98 Å². The highest BCUT2D eigenvalue weighted by atomic mass is 16.5. The van der Waals surface area contributed by atoms with Crippen molar-refractivity contribution >= 4 is 0 Å². The van der Waals surface area contributed by atoms with Crippen molar-refractivity contribution in [1.29, 1.82) is 0 Å². The molecule has 0 saturated heterocycles. The number of aliphatic hydroxyl groups excluding tert-OH is 1. The predicted octanol–water partition coefficient (Wildman–Crippen LogP) is 0.647. The van der Waals surface area contributed by atoms with Crippen molar-refractivity contribution in [2.24, 2.45) is 0 Å². The Kier molecular flexibility index (Phi) is 2.06. The highest BCUT2D eigenvalue weighted by Gasteiger charge is 2.10. The standard InChI is InChI=1S/C9H11NO2/c11-5-7-3-8-1-2-12-6-9(8)10-4-7/h3-4,11H,1-2,5-6H2. The number of aromatic nitrogens is 1. The van der Waals surface area contributed by atoms with Gasteiger partial charge < -0.3 is 9.84 Å². The van der Waals surface area contributed by atoms with Crippen LogP contribution in [0.2, 0.25) is 0 Å². The lowest BCUT2D eigenvalue weighted by Crippen LogP contribution is -2.12. The van der Waals surface area contributed by atoms with E-state index in [4.69, 9.17) is 9.84 Å². The van der Waals surface area contributed by atoms with Crippen LogP contribution >= 0.6 is 0 Å². The lowest BCUT2D eigenvalue weighted by Gasteiger charge is -2.15. The molecule has 0 amide bonds. The molecule has 2 heterocycles. The molecule has 0 spiro atoms. The van der Waals surface area contributed by atoms with Crippen molar-refractivity contribution < 1.29 is 9.84 Å². The molecule has 0 unspecified atom stereocenters. The fraction of sp³-hybridized carbons (Fsp3) is 0.444. The van der Waals surface area contributed by atoms with Crippen molar-refractivity contribution in [1.82, 2.24) is 4.98 Å². The van der Waals surface area contributed by atoms with Crippen molar-refractivity contribution in [2.45, 2.75) is 19.6 Å². The third-order valence-electron chi connectivity index (χ3n) is 2.05. The van der Waals surface area contributed by atoms with Gasteiger partial charge in [0.1, 0.15) is 0 Å². The van der Waals surface area contributed by atoms with Crippen molar-refractivity contribution in [2.75, 3.05) is 6.61 Å². The molecule has 1 aliphatic rings. The fourth-order valence-corrected chi connectivity index (χ4v) is 1.37. The Morgan fingerprint density at radius 2 is 2.50 bits per heavy atom. The molecule has 3 nitrogen and oxygen atoms in total. The Bertz CT molecular complexity index is 286. The minimum absolute atomic E-state index is 0.0706. The van der Waals surface area contributed by atoms with E-state index >= 15 is 0 Å². The molecule has 1 aliphatic heterocycles. The number of ether oxygens (including phenoxy) is 1. The van der Waals surface area contributed by atoms with Gasteiger partial charge in [0.05, 0.1) is 25.5 Å². The summed E-state index contributed by atoms with van der Waals surface area (Å²) in [5, 5.41) is 8.87. The lowest BCUT2D eigenvalue weighted by molar-refractivity contribution is 0.107. The number of hydrogen-bond acceptors (Lipinski definition) is 3. The molecular weight excluding hydrogens is 154 g/mol. The Balaban J connectivity index is 2.36. The molecule has 12 heavy (non-hydrogen) atoms. The van der Waals surface area contributed by atoms with E-state index in [0.29, 0.717) is 6.61 Å². The molecule has 0 saturated carbocycles. The van der Waals surface area contributed by atoms with E-state index in [1.165, 1.54) is 5.56 Å². The molecule has 0 fully saturated rings. The maximum atomic E-state index is 8.87. The largest absolute Gasteiger partial charge is 0.392 e. The number of rotatable bonds is 1. The monoisotopic (exact) mass is 165 g/mol. The Morgan fingerprint density at radius 3 is 3.33 bits per heavy atom. The van der Waals surface area contributed by atoms with Gasteiger partial charge in [-0.2, -0.15) is 0 Å². The number of aliphatic hydroxyl groups is 1. The zero-order valence-corrected chi connectivity index (χ0v) is 6.79. The minimum Gasteiger partial charge on any atom is -0.392 e. The summed E-state index contributed by atoms with van der Waals surface area (Å²) < 4.78 is 5.24. The topological polar surface area (TPSA) is 42.4 Å². The molecule has 1 aromatic rings. The first-order valence-electron chi connectivity index (χ1n) is 4.05. The molecular formula is C9H11NO2. The summed E-state index contributed by atoms with van der Waals surface area (Å²) in [6.45, 7) is 1.45. The van der Waals surface area contributed by atoms with E-state index in [-0.39, 0.29) is 6.61 Å². The molecule has 1 aromatic heterocycles. The third kappa shape index (κ3) is 1.33. The van der Waals surface area contributed by atoms with Crippen LogP contribution in [0.4, 0.5) is 0 Å². The van der Waals surface area contributed by atoms with E-state index in [9.17, 15) is 0 Å². The highest BCUT2D eigenvalue weighted by Crippen LogP contribution is 2.15. The van der Waals surface area contributed by atoms with Crippen LogP contribution in [0.3, 0.4) is 0 Å². The lowest BCUT2D eigenvalue weighted by atomic mass is 10.1. The predicted molar refractivity (Wildman–Crippen MR) is 43.5 cm³/mol. The van der Waals surface area contributed by atoms with Gasteiger partial charge in [0.2, 0.25) is 0 Å². The molecule has 0 aromatic carbocycles. The molecule has 1 N–H and O–H groups in total. The zero-order valence-electron chi connectivity index (χ0n) is 6.79. The van der Waals surface area contributed by atoms with Crippen LogP contribution < -0.4 is 0 Å². The molecule has 0 atom stereocenters. The van der Waals surface area contributed by atoms with Gasteiger partial charge in [-0.15, -0.1) is 0 Å². The van der Waals surface area contributed by atoms with Crippen molar-refractivity contribution in [3.63, 3.8) is 0 Å². The van der Waals surface area contributed by atoms with Crippen molar-refractivity contribution in [3.8, 4) is 0 Å². The highest BCUT2D eigenvalue weighted by molar-refractivity contribution is 5.25. The summed E-state index contributed by atoms with van der Waals surface area (Å²) in [6.07, 6.45) is 2.61. The second-order valence-corrected chi connectivity index (χ2v) is 2.91.